The first-order chi connectivity index (χ1) is 2.27. The summed E-state index contributed by atoms with van der Waals surface area (Å²) in [5.41, 5.74) is 4.92. The van der Waals surface area contributed by atoms with Gasteiger partial charge >= 0.3 is 0 Å². The number of allylic oxidation sites excluding steroid dienone is 1. The molecule has 5 heavy (non-hydrogen) atoms. The molecule has 0 aliphatic heterocycles. The number of hydrogen-bond donors (Lipinski definition) is 1. The van der Waals surface area contributed by atoms with Gasteiger partial charge < -0.3 is 5.73 Å². The van der Waals surface area contributed by atoms with Gasteiger partial charge in [-0.2, -0.15) is 0 Å². The van der Waals surface area contributed by atoms with E-state index in [1.165, 1.54) is 0 Å². The molecule has 0 aromatic carbocycles. The van der Waals surface area contributed by atoms with E-state index in [-0.39, 0.29) is 0 Å². The second kappa shape index (κ2) is 2.09. The molecule has 0 rings (SSSR count). The van der Waals surface area contributed by atoms with E-state index in [4.69, 9.17) is 17.3 Å². The van der Waals surface area contributed by atoms with Gasteiger partial charge in [0.2, 0.25) is 0 Å². The molecule has 0 aliphatic rings. The van der Waals surface area contributed by atoms with Crippen molar-refractivity contribution in [3.05, 3.63) is 11.2 Å². The second-order valence-corrected chi connectivity index (χ2v) is 1.11. The van der Waals surface area contributed by atoms with Crippen molar-refractivity contribution in [2.24, 2.45) is 5.73 Å². The van der Waals surface area contributed by atoms with Crippen molar-refractivity contribution in [3.63, 3.8) is 0 Å². The Kier molecular flexibility index (Phi) is 2.02. The molecule has 0 bridgehead atoms. The number of halogens is 1. The molecule has 2 N–H and O–H groups in total. The third-order valence-electron chi connectivity index (χ3n) is 0.276. The minimum absolute atomic E-state index is 0.352. The van der Waals surface area contributed by atoms with E-state index in [0.29, 0.717) is 5.16 Å². The predicted octanol–water partition coefficient (Wildman–Crippen LogP) is 1.05. The summed E-state index contributed by atoms with van der Waals surface area (Å²) in [6.07, 6.45) is 1.63. The maximum atomic E-state index is 5.10. The van der Waals surface area contributed by atoms with Crippen LogP contribution in [0.2, 0.25) is 0 Å². The zero-order valence-corrected chi connectivity index (χ0v) is 3.79. The Hall–Kier alpha value is -0.170. The van der Waals surface area contributed by atoms with Crippen LogP contribution in [0.25, 0.3) is 0 Å². The largest absolute Gasteiger partial charge is 0.390 e. The lowest BCUT2D eigenvalue weighted by Gasteiger charge is -1.72. The van der Waals surface area contributed by atoms with Gasteiger partial charge in [-0.1, -0.05) is 17.7 Å². The summed E-state index contributed by atoms with van der Waals surface area (Å²) in [4.78, 5) is 0. The van der Waals surface area contributed by atoms with E-state index in [1.807, 2.05) is 0 Å². The van der Waals surface area contributed by atoms with Crippen molar-refractivity contribution in [2.45, 2.75) is 6.92 Å². The lowest BCUT2D eigenvalue weighted by atomic mass is 10.7. The van der Waals surface area contributed by atoms with Crippen LogP contribution in [0.3, 0.4) is 0 Å². The van der Waals surface area contributed by atoms with E-state index in [9.17, 15) is 0 Å². The average Bonchev–Trinajstić information content (AvgIpc) is 1.38. The quantitative estimate of drug-likeness (QED) is 0.443. The Balaban J connectivity index is 3.14. The van der Waals surface area contributed by atoms with Crippen molar-refractivity contribution in [3.8, 4) is 0 Å². The molecule has 0 aromatic heterocycles. The summed E-state index contributed by atoms with van der Waals surface area (Å²) in [5.74, 6) is 0. The van der Waals surface area contributed by atoms with Crippen molar-refractivity contribution < 1.29 is 0 Å². The van der Waals surface area contributed by atoms with Crippen LogP contribution in [0.5, 0.6) is 0 Å². The van der Waals surface area contributed by atoms with E-state index in [2.05, 4.69) is 0 Å². The highest BCUT2D eigenvalue weighted by molar-refractivity contribution is 6.28. The number of nitrogens with two attached hydrogens (primary N) is 1. The number of hydrogen-bond acceptors (Lipinski definition) is 1. The fourth-order valence-corrected chi connectivity index (χ4v) is 0. The highest BCUT2D eigenvalue weighted by Gasteiger charge is 1.64. The molecule has 0 atom stereocenters. The highest BCUT2D eigenvalue weighted by Crippen LogP contribution is 1.84. The van der Waals surface area contributed by atoms with Gasteiger partial charge in [0.1, 0.15) is 0 Å². The summed E-state index contributed by atoms with van der Waals surface area (Å²) < 4.78 is 0. The van der Waals surface area contributed by atoms with Gasteiger partial charge in [-0.05, 0) is 6.92 Å². The predicted molar refractivity (Wildman–Crippen MR) is 23.8 cm³/mol. The van der Waals surface area contributed by atoms with E-state index < -0.39 is 0 Å². The van der Waals surface area contributed by atoms with Crippen LogP contribution in [0.1, 0.15) is 6.92 Å². The van der Waals surface area contributed by atoms with Gasteiger partial charge in [0.15, 0.2) is 0 Å². The monoisotopic (exact) mass is 91.0 g/mol. The summed E-state index contributed by atoms with van der Waals surface area (Å²) in [5, 5.41) is 0.352. The maximum absolute atomic E-state index is 5.10. The Morgan fingerprint density at radius 3 is 2.20 bits per heavy atom. The van der Waals surface area contributed by atoms with Crippen LogP contribution in [0, 0.1) is 0 Å². The SMILES string of the molecule is CC=C(N)Cl. The molecule has 0 fully saturated rings. The molecule has 30 valence electrons. The Labute approximate surface area is 36.4 Å². The van der Waals surface area contributed by atoms with Gasteiger partial charge in [-0.3, -0.25) is 0 Å². The van der Waals surface area contributed by atoms with Crippen molar-refractivity contribution in [2.75, 3.05) is 0 Å². The Morgan fingerprint density at radius 1 is 2.00 bits per heavy atom. The lowest BCUT2D eigenvalue weighted by molar-refractivity contribution is 1.49. The van der Waals surface area contributed by atoms with Crippen LogP contribution in [-0.4, -0.2) is 0 Å². The molecular weight excluding hydrogens is 85.5 g/mol. The Bertz CT molecular complexity index is 44.9. The smallest absolute Gasteiger partial charge is 0.0948 e. The normalized spacial score (nSPS) is 12.0. The second-order valence-electron chi connectivity index (χ2n) is 0.674. The van der Waals surface area contributed by atoms with Crippen molar-refractivity contribution in [1.82, 2.24) is 0 Å². The molecule has 0 heterocycles. The molecule has 0 saturated heterocycles. The summed E-state index contributed by atoms with van der Waals surface area (Å²) >= 11 is 5.10. The van der Waals surface area contributed by atoms with Crippen LogP contribution in [-0.2, 0) is 0 Å². The van der Waals surface area contributed by atoms with Crippen LogP contribution < -0.4 is 5.73 Å². The molecule has 0 saturated carbocycles. The minimum Gasteiger partial charge on any atom is -0.390 e. The van der Waals surface area contributed by atoms with Crippen molar-refractivity contribution >= 4 is 11.6 Å². The molecule has 0 aliphatic carbocycles. The molecule has 0 radical (unpaired) electrons. The van der Waals surface area contributed by atoms with Crippen LogP contribution in [0.4, 0.5) is 0 Å². The third-order valence-corrected chi connectivity index (χ3v) is 0.494. The van der Waals surface area contributed by atoms with Gasteiger partial charge in [0.05, 0.1) is 5.16 Å². The lowest BCUT2D eigenvalue weighted by Crippen LogP contribution is -1.82. The fourth-order valence-electron chi connectivity index (χ4n) is 0. The fraction of sp³-hybridized carbons (Fsp3) is 0.333. The molecule has 0 spiro atoms. The van der Waals surface area contributed by atoms with E-state index in [1.54, 1.807) is 13.0 Å². The van der Waals surface area contributed by atoms with E-state index in [0.717, 1.165) is 0 Å². The van der Waals surface area contributed by atoms with Crippen molar-refractivity contribution in [1.29, 1.82) is 0 Å². The molecule has 1 nitrogen and oxygen atoms in total. The van der Waals surface area contributed by atoms with Gasteiger partial charge in [-0.15, -0.1) is 0 Å². The first-order valence-corrected chi connectivity index (χ1v) is 1.72. The maximum Gasteiger partial charge on any atom is 0.0948 e. The molecule has 0 aromatic rings. The topological polar surface area (TPSA) is 26.0 Å². The molecular formula is C3H6ClN. The highest BCUT2D eigenvalue weighted by atomic mass is 35.5. The molecule has 2 heteroatoms. The van der Waals surface area contributed by atoms with Crippen LogP contribution >= 0.6 is 11.6 Å². The zero-order valence-electron chi connectivity index (χ0n) is 3.03. The Morgan fingerprint density at radius 2 is 2.20 bits per heavy atom. The van der Waals surface area contributed by atoms with E-state index >= 15 is 0 Å². The molecule has 0 unspecified atom stereocenters. The zero-order chi connectivity index (χ0) is 4.28. The van der Waals surface area contributed by atoms with Gasteiger partial charge in [-0.25, -0.2) is 0 Å². The summed E-state index contributed by atoms with van der Waals surface area (Å²) in [6, 6.07) is 0. The van der Waals surface area contributed by atoms with Gasteiger partial charge in [0.25, 0.3) is 0 Å². The average molecular weight is 91.5 g/mol. The molecule has 0 amide bonds. The summed E-state index contributed by atoms with van der Waals surface area (Å²) in [7, 11) is 0. The van der Waals surface area contributed by atoms with Crippen LogP contribution in [0.15, 0.2) is 11.2 Å². The minimum atomic E-state index is 0.352. The standard InChI is InChI=1S/C3H6ClN/c1-2-3(4)5/h2H,5H2,1H3. The third kappa shape index (κ3) is 3.83. The first-order valence-electron chi connectivity index (χ1n) is 1.34. The first kappa shape index (κ1) is 4.83. The van der Waals surface area contributed by atoms with Gasteiger partial charge in [0, 0.05) is 0 Å². The number of rotatable bonds is 0. The summed E-state index contributed by atoms with van der Waals surface area (Å²) in [6.45, 7) is 1.78.